The van der Waals surface area contributed by atoms with Crippen LogP contribution in [0.15, 0.2) is 42.5 Å². The number of rotatable bonds is 6. The molecule has 0 aliphatic heterocycles. The molecule has 0 atom stereocenters. The summed E-state index contributed by atoms with van der Waals surface area (Å²) in [4.78, 5) is 16.6. The molecular weight excluding hydrogens is 314 g/mol. The highest BCUT2D eigenvalue weighted by Crippen LogP contribution is 2.18. The van der Waals surface area contributed by atoms with Gasteiger partial charge in [0.15, 0.2) is 0 Å². The minimum atomic E-state index is -0.0446. The summed E-state index contributed by atoms with van der Waals surface area (Å²) in [5.74, 6) is 1.62. The first-order valence-corrected chi connectivity index (χ1v) is 8.41. The number of ether oxygens (including phenoxy) is 1. The molecule has 1 N–H and O–H groups in total. The summed E-state index contributed by atoms with van der Waals surface area (Å²) in [5, 5.41) is 2.91. The van der Waals surface area contributed by atoms with E-state index in [1.807, 2.05) is 61.9 Å². The van der Waals surface area contributed by atoms with Crippen LogP contribution >= 0.6 is 0 Å². The quantitative estimate of drug-likeness (QED) is 0.751. The van der Waals surface area contributed by atoms with Gasteiger partial charge in [-0.25, -0.2) is 4.98 Å². The Kier molecular flexibility index (Phi) is 5.03. The fourth-order valence-electron chi connectivity index (χ4n) is 2.83. The van der Waals surface area contributed by atoms with Gasteiger partial charge in [0.25, 0.3) is 0 Å². The fraction of sp³-hybridized carbons (Fsp3) is 0.300. The lowest BCUT2D eigenvalue weighted by molar-refractivity contribution is -0.121. The Bertz CT molecular complexity index is 899. The first-order valence-electron chi connectivity index (χ1n) is 8.41. The van der Waals surface area contributed by atoms with Crippen molar-refractivity contribution in [3.8, 4) is 5.75 Å². The van der Waals surface area contributed by atoms with Crippen molar-refractivity contribution in [3.05, 3.63) is 59.4 Å². The summed E-state index contributed by atoms with van der Waals surface area (Å²) in [6.45, 7) is 4.82. The Hall–Kier alpha value is -2.82. The first kappa shape index (κ1) is 17.0. The maximum Gasteiger partial charge on any atom is 0.223 e. The van der Waals surface area contributed by atoms with E-state index in [0.29, 0.717) is 19.6 Å². The van der Waals surface area contributed by atoms with Gasteiger partial charge in [-0.3, -0.25) is 4.79 Å². The summed E-state index contributed by atoms with van der Waals surface area (Å²) in [7, 11) is 1.96. The van der Waals surface area contributed by atoms with Gasteiger partial charge in [0, 0.05) is 7.05 Å². The number of nitrogens with one attached hydrogen (secondary N) is 1. The molecule has 2 aromatic carbocycles. The third-order valence-corrected chi connectivity index (χ3v) is 4.24. The molecule has 0 radical (unpaired) electrons. The molecule has 0 aliphatic rings. The van der Waals surface area contributed by atoms with E-state index in [4.69, 9.17) is 4.74 Å². The summed E-state index contributed by atoms with van der Waals surface area (Å²) in [6.07, 6.45) is 0.317. The Morgan fingerprint density at radius 2 is 2.00 bits per heavy atom. The summed E-state index contributed by atoms with van der Waals surface area (Å²) in [6, 6.07) is 14.0. The van der Waals surface area contributed by atoms with Gasteiger partial charge in [-0.05, 0) is 37.6 Å². The molecular formula is C20H23N3O2. The predicted octanol–water partition coefficient (Wildman–Crippen LogP) is 3.28. The van der Waals surface area contributed by atoms with Gasteiger partial charge in [0.1, 0.15) is 11.6 Å². The van der Waals surface area contributed by atoms with E-state index in [1.54, 1.807) is 0 Å². The van der Waals surface area contributed by atoms with Crippen LogP contribution < -0.4 is 10.1 Å². The van der Waals surface area contributed by atoms with Gasteiger partial charge < -0.3 is 14.6 Å². The molecule has 5 nitrogen and oxygen atoms in total. The standard InChI is InChI=1S/C20H23N3O2/c1-14-8-9-18(15(2)12-14)25-11-10-20(24)21-13-19-22-16-6-4-5-7-17(16)23(19)3/h4-9,12H,10-11,13H2,1-3H3,(H,21,24). The number of hydrogen-bond acceptors (Lipinski definition) is 3. The smallest absolute Gasteiger partial charge is 0.223 e. The average molecular weight is 337 g/mol. The number of nitrogens with zero attached hydrogens (tertiary/aromatic N) is 2. The number of hydrogen-bond donors (Lipinski definition) is 1. The van der Waals surface area contributed by atoms with Crippen molar-refractivity contribution in [2.24, 2.45) is 7.05 Å². The molecule has 3 rings (SSSR count). The van der Waals surface area contributed by atoms with Crippen LogP contribution in [-0.4, -0.2) is 22.1 Å². The third-order valence-electron chi connectivity index (χ3n) is 4.24. The molecule has 25 heavy (non-hydrogen) atoms. The van der Waals surface area contributed by atoms with Gasteiger partial charge in [-0.15, -0.1) is 0 Å². The Balaban J connectivity index is 1.50. The zero-order chi connectivity index (χ0) is 17.8. The second-order valence-corrected chi connectivity index (χ2v) is 6.22. The maximum absolute atomic E-state index is 12.0. The van der Waals surface area contributed by atoms with Crippen molar-refractivity contribution in [2.75, 3.05) is 6.61 Å². The summed E-state index contributed by atoms with van der Waals surface area (Å²) in [5.41, 5.74) is 4.28. The van der Waals surface area contributed by atoms with Gasteiger partial charge in [0.05, 0.1) is 30.6 Å². The number of para-hydroxylation sites is 2. The monoisotopic (exact) mass is 337 g/mol. The molecule has 0 saturated heterocycles. The number of benzene rings is 2. The van der Waals surface area contributed by atoms with E-state index in [9.17, 15) is 4.79 Å². The topological polar surface area (TPSA) is 56.1 Å². The van der Waals surface area contributed by atoms with Crippen molar-refractivity contribution in [1.82, 2.24) is 14.9 Å². The van der Waals surface area contributed by atoms with Crippen LogP contribution in [-0.2, 0) is 18.4 Å². The van der Waals surface area contributed by atoms with Gasteiger partial charge in [-0.2, -0.15) is 0 Å². The number of aromatic nitrogens is 2. The molecule has 0 spiro atoms. The molecule has 0 fully saturated rings. The average Bonchev–Trinajstić information content (AvgIpc) is 2.91. The number of amides is 1. The lowest BCUT2D eigenvalue weighted by Gasteiger charge is -2.10. The normalized spacial score (nSPS) is 10.8. The van der Waals surface area contributed by atoms with Crippen molar-refractivity contribution in [1.29, 1.82) is 0 Å². The van der Waals surface area contributed by atoms with E-state index in [-0.39, 0.29) is 5.91 Å². The number of aryl methyl sites for hydroxylation is 3. The second-order valence-electron chi connectivity index (χ2n) is 6.22. The number of carbonyl (C=O) groups excluding carboxylic acids is 1. The van der Waals surface area contributed by atoms with Crippen molar-refractivity contribution in [3.63, 3.8) is 0 Å². The van der Waals surface area contributed by atoms with Crippen LogP contribution in [0.1, 0.15) is 23.4 Å². The van der Waals surface area contributed by atoms with E-state index in [1.165, 1.54) is 5.56 Å². The highest BCUT2D eigenvalue weighted by molar-refractivity contribution is 5.77. The van der Waals surface area contributed by atoms with Gasteiger partial charge in [-0.1, -0.05) is 29.8 Å². The summed E-state index contributed by atoms with van der Waals surface area (Å²) < 4.78 is 7.71. The molecule has 130 valence electrons. The van der Waals surface area contributed by atoms with Crippen LogP contribution in [0.4, 0.5) is 0 Å². The van der Waals surface area contributed by atoms with Crippen LogP contribution in [0.3, 0.4) is 0 Å². The van der Waals surface area contributed by atoms with Crippen molar-refractivity contribution < 1.29 is 9.53 Å². The lowest BCUT2D eigenvalue weighted by Crippen LogP contribution is -2.25. The zero-order valence-corrected chi connectivity index (χ0v) is 14.9. The van der Waals surface area contributed by atoms with E-state index in [0.717, 1.165) is 28.2 Å². The van der Waals surface area contributed by atoms with Crippen LogP contribution in [0, 0.1) is 13.8 Å². The second kappa shape index (κ2) is 7.38. The molecule has 1 aromatic heterocycles. The predicted molar refractivity (Wildman–Crippen MR) is 98.6 cm³/mol. The van der Waals surface area contributed by atoms with E-state index in [2.05, 4.69) is 16.4 Å². The Morgan fingerprint density at radius 3 is 2.76 bits per heavy atom. The largest absolute Gasteiger partial charge is 0.493 e. The molecule has 5 heteroatoms. The number of carbonyl (C=O) groups is 1. The lowest BCUT2D eigenvalue weighted by atomic mass is 10.1. The maximum atomic E-state index is 12.0. The minimum absolute atomic E-state index is 0.0446. The molecule has 0 saturated carbocycles. The molecule has 0 bridgehead atoms. The Labute approximate surface area is 147 Å². The number of imidazole rings is 1. The highest BCUT2D eigenvalue weighted by atomic mass is 16.5. The fourth-order valence-corrected chi connectivity index (χ4v) is 2.83. The molecule has 1 amide bonds. The first-order chi connectivity index (χ1) is 12.0. The van der Waals surface area contributed by atoms with Crippen LogP contribution in [0.5, 0.6) is 5.75 Å². The Morgan fingerprint density at radius 1 is 1.20 bits per heavy atom. The van der Waals surface area contributed by atoms with E-state index < -0.39 is 0 Å². The molecule has 3 aromatic rings. The molecule has 1 heterocycles. The number of fused-ring (bicyclic) bond motifs is 1. The van der Waals surface area contributed by atoms with E-state index >= 15 is 0 Å². The molecule has 0 unspecified atom stereocenters. The van der Waals surface area contributed by atoms with Crippen molar-refractivity contribution >= 4 is 16.9 Å². The highest BCUT2D eigenvalue weighted by Gasteiger charge is 2.09. The summed E-state index contributed by atoms with van der Waals surface area (Å²) >= 11 is 0. The SMILES string of the molecule is Cc1ccc(OCCC(=O)NCc2nc3ccccc3n2C)c(C)c1. The minimum Gasteiger partial charge on any atom is -0.493 e. The van der Waals surface area contributed by atoms with Crippen LogP contribution in [0.2, 0.25) is 0 Å². The van der Waals surface area contributed by atoms with Gasteiger partial charge in [0.2, 0.25) is 5.91 Å². The van der Waals surface area contributed by atoms with Gasteiger partial charge >= 0.3 is 0 Å². The molecule has 0 aliphatic carbocycles. The van der Waals surface area contributed by atoms with Crippen LogP contribution in [0.25, 0.3) is 11.0 Å². The van der Waals surface area contributed by atoms with Crippen molar-refractivity contribution in [2.45, 2.75) is 26.8 Å². The third kappa shape index (κ3) is 3.99. The zero-order valence-electron chi connectivity index (χ0n) is 14.9.